The standard InChI is InChI=1S/C17H25N3O3S/c1-12(2)19(3)24(22,23)16-6-4-5-13(7-16)17(21)20-10-14-8-18-9-15(14)11-20/h4-7,12,14-15,18H,8-11H2,1-3H3/t14-,15+. The van der Waals surface area contributed by atoms with Gasteiger partial charge in [0.25, 0.3) is 5.91 Å². The minimum absolute atomic E-state index is 0.0753. The number of hydrogen-bond acceptors (Lipinski definition) is 4. The summed E-state index contributed by atoms with van der Waals surface area (Å²) in [5.41, 5.74) is 0.446. The van der Waals surface area contributed by atoms with Gasteiger partial charge in [0.15, 0.2) is 0 Å². The number of fused-ring (bicyclic) bond motifs is 1. The van der Waals surface area contributed by atoms with Crippen molar-refractivity contribution in [3.05, 3.63) is 29.8 Å². The molecule has 0 aliphatic carbocycles. The lowest BCUT2D eigenvalue weighted by Gasteiger charge is -2.22. The van der Waals surface area contributed by atoms with Crippen LogP contribution < -0.4 is 5.32 Å². The van der Waals surface area contributed by atoms with E-state index < -0.39 is 10.0 Å². The number of carbonyl (C=O) groups is 1. The molecule has 0 bridgehead atoms. The SMILES string of the molecule is CC(C)N(C)S(=O)(=O)c1cccc(C(=O)N2C[C@H]3CNC[C@H]3C2)c1. The summed E-state index contributed by atoms with van der Waals surface area (Å²) in [5.74, 6) is 0.967. The van der Waals surface area contributed by atoms with Gasteiger partial charge in [0.1, 0.15) is 0 Å². The van der Waals surface area contributed by atoms with E-state index >= 15 is 0 Å². The van der Waals surface area contributed by atoms with Crippen molar-refractivity contribution in [2.45, 2.75) is 24.8 Å². The molecule has 2 saturated heterocycles. The summed E-state index contributed by atoms with van der Waals surface area (Å²) in [4.78, 5) is 14.8. The monoisotopic (exact) mass is 351 g/mol. The Labute approximate surface area is 143 Å². The largest absolute Gasteiger partial charge is 0.338 e. The Balaban J connectivity index is 1.82. The van der Waals surface area contributed by atoms with Crippen LogP contribution in [-0.4, -0.2) is 62.8 Å². The first-order chi connectivity index (χ1) is 11.3. The second-order valence-electron chi connectivity index (χ2n) is 7.03. The van der Waals surface area contributed by atoms with E-state index in [1.807, 2.05) is 18.7 Å². The van der Waals surface area contributed by atoms with Crippen LogP contribution in [0.2, 0.25) is 0 Å². The van der Waals surface area contributed by atoms with E-state index in [0.29, 0.717) is 17.4 Å². The highest BCUT2D eigenvalue weighted by atomic mass is 32.2. The molecule has 2 aliphatic heterocycles. The van der Waals surface area contributed by atoms with Crippen LogP contribution in [0.4, 0.5) is 0 Å². The fraction of sp³-hybridized carbons (Fsp3) is 0.588. The van der Waals surface area contributed by atoms with Crippen molar-refractivity contribution in [1.29, 1.82) is 0 Å². The fourth-order valence-electron chi connectivity index (χ4n) is 3.44. The minimum Gasteiger partial charge on any atom is -0.338 e. The highest BCUT2D eigenvalue weighted by Crippen LogP contribution is 2.28. The van der Waals surface area contributed by atoms with Crippen LogP contribution in [0.3, 0.4) is 0 Å². The van der Waals surface area contributed by atoms with Crippen LogP contribution in [-0.2, 0) is 10.0 Å². The number of benzene rings is 1. The van der Waals surface area contributed by atoms with Gasteiger partial charge in [-0.15, -0.1) is 0 Å². The molecule has 2 aliphatic rings. The molecule has 2 heterocycles. The zero-order valence-electron chi connectivity index (χ0n) is 14.4. The quantitative estimate of drug-likeness (QED) is 0.879. The van der Waals surface area contributed by atoms with Gasteiger partial charge in [-0.1, -0.05) is 6.07 Å². The fourth-order valence-corrected chi connectivity index (χ4v) is 4.85. The molecule has 3 rings (SSSR count). The summed E-state index contributed by atoms with van der Waals surface area (Å²) < 4.78 is 26.6. The van der Waals surface area contributed by atoms with Gasteiger partial charge in [0, 0.05) is 44.8 Å². The van der Waals surface area contributed by atoms with Crippen molar-refractivity contribution in [2.24, 2.45) is 11.8 Å². The Morgan fingerprint density at radius 2 is 1.88 bits per heavy atom. The number of carbonyl (C=O) groups excluding carboxylic acids is 1. The van der Waals surface area contributed by atoms with E-state index in [0.717, 1.165) is 26.2 Å². The first-order valence-corrected chi connectivity index (χ1v) is 9.83. The molecule has 7 heteroatoms. The second-order valence-corrected chi connectivity index (χ2v) is 9.03. The lowest BCUT2D eigenvalue weighted by atomic mass is 10.0. The summed E-state index contributed by atoms with van der Waals surface area (Å²) in [6, 6.07) is 6.26. The van der Waals surface area contributed by atoms with Gasteiger partial charge >= 0.3 is 0 Å². The summed E-state index contributed by atoms with van der Waals surface area (Å²) in [6.07, 6.45) is 0. The van der Waals surface area contributed by atoms with Gasteiger partial charge in [0.05, 0.1) is 4.90 Å². The van der Waals surface area contributed by atoms with Crippen LogP contribution in [0.25, 0.3) is 0 Å². The van der Waals surface area contributed by atoms with Crippen molar-refractivity contribution >= 4 is 15.9 Å². The molecule has 0 radical (unpaired) electrons. The number of nitrogens with zero attached hydrogens (tertiary/aromatic N) is 2. The van der Waals surface area contributed by atoms with E-state index in [1.54, 1.807) is 25.2 Å². The molecule has 2 atom stereocenters. The highest BCUT2D eigenvalue weighted by Gasteiger charge is 2.38. The first-order valence-electron chi connectivity index (χ1n) is 8.39. The Morgan fingerprint density at radius 1 is 1.25 bits per heavy atom. The van der Waals surface area contributed by atoms with E-state index in [4.69, 9.17) is 0 Å². The lowest BCUT2D eigenvalue weighted by molar-refractivity contribution is 0.0781. The molecule has 0 unspecified atom stereocenters. The van der Waals surface area contributed by atoms with Gasteiger partial charge in [-0.2, -0.15) is 4.31 Å². The Bertz CT molecular complexity index is 720. The van der Waals surface area contributed by atoms with Crippen molar-refractivity contribution in [3.8, 4) is 0 Å². The molecule has 0 saturated carbocycles. The maximum atomic E-state index is 12.8. The zero-order valence-corrected chi connectivity index (χ0v) is 15.2. The van der Waals surface area contributed by atoms with Gasteiger partial charge in [-0.3, -0.25) is 4.79 Å². The molecular formula is C17H25N3O3S. The number of sulfonamides is 1. The highest BCUT2D eigenvalue weighted by molar-refractivity contribution is 7.89. The Kier molecular flexibility index (Phi) is 4.68. The second kappa shape index (κ2) is 6.46. The van der Waals surface area contributed by atoms with Crippen LogP contribution in [0, 0.1) is 11.8 Å². The third-order valence-corrected chi connectivity index (χ3v) is 7.19. The molecular weight excluding hydrogens is 326 g/mol. The van der Waals surface area contributed by atoms with Crippen LogP contribution in [0.5, 0.6) is 0 Å². The van der Waals surface area contributed by atoms with Gasteiger partial charge in [-0.25, -0.2) is 8.42 Å². The van der Waals surface area contributed by atoms with E-state index in [2.05, 4.69) is 5.32 Å². The van der Waals surface area contributed by atoms with Crippen molar-refractivity contribution < 1.29 is 13.2 Å². The molecule has 0 spiro atoms. The minimum atomic E-state index is -3.58. The first kappa shape index (κ1) is 17.4. The van der Waals surface area contributed by atoms with Crippen molar-refractivity contribution in [1.82, 2.24) is 14.5 Å². The molecule has 1 N–H and O–H groups in total. The van der Waals surface area contributed by atoms with Gasteiger partial charge in [-0.05, 0) is 43.9 Å². The Hall–Kier alpha value is -1.44. The topological polar surface area (TPSA) is 69.7 Å². The predicted molar refractivity (Wildman–Crippen MR) is 92.3 cm³/mol. The predicted octanol–water partition coefficient (Wildman–Crippen LogP) is 1.01. The van der Waals surface area contributed by atoms with Crippen LogP contribution in [0.15, 0.2) is 29.2 Å². The summed E-state index contributed by atoms with van der Waals surface area (Å²) >= 11 is 0. The third-order valence-electron chi connectivity index (χ3n) is 5.16. The van der Waals surface area contributed by atoms with Crippen molar-refractivity contribution in [3.63, 3.8) is 0 Å². The average Bonchev–Trinajstić information content (AvgIpc) is 3.15. The van der Waals surface area contributed by atoms with E-state index in [-0.39, 0.29) is 16.8 Å². The molecule has 24 heavy (non-hydrogen) atoms. The zero-order chi connectivity index (χ0) is 17.5. The molecule has 0 aromatic heterocycles. The summed E-state index contributed by atoms with van der Waals surface area (Å²) in [7, 11) is -2.02. The van der Waals surface area contributed by atoms with Crippen LogP contribution in [0.1, 0.15) is 24.2 Å². The number of likely N-dealkylation sites (tertiary alicyclic amines) is 1. The molecule has 6 nitrogen and oxygen atoms in total. The maximum absolute atomic E-state index is 12.8. The maximum Gasteiger partial charge on any atom is 0.253 e. The molecule has 1 amide bonds. The van der Waals surface area contributed by atoms with Gasteiger partial charge < -0.3 is 10.2 Å². The average molecular weight is 351 g/mol. The van der Waals surface area contributed by atoms with E-state index in [9.17, 15) is 13.2 Å². The van der Waals surface area contributed by atoms with Crippen molar-refractivity contribution in [2.75, 3.05) is 33.2 Å². The van der Waals surface area contributed by atoms with Gasteiger partial charge in [0.2, 0.25) is 10.0 Å². The van der Waals surface area contributed by atoms with E-state index in [1.165, 1.54) is 10.4 Å². The molecule has 1 aromatic rings. The number of rotatable bonds is 4. The number of amides is 1. The normalized spacial score (nSPS) is 24.0. The Morgan fingerprint density at radius 3 is 2.46 bits per heavy atom. The third kappa shape index (κ3) is 3.08. The molecule has 1 aromatic carbocycles. The smallest absolute Gasteiger partial charge is 0.253 e. The summed E-state index contributed by atoms with van der Waals surface area (Å²) in [5, 5.41) is 3.35. The molecule has 132 valence electrons. The summed E-state index contributed by atoms with van der Waals surface area (Å²) in [6.45, 7) is 7.07. The molecule has 2 fully saturated rings. The lowest BCUT2D eigenvalue weighted by Crippen LogP contribution is -2.34. The number of hydrogen-bond donors (Lipinski definition) is 1. The number of nitrogens with one attached hydrogen (secondary N) is 1. The van der Waals surface area contributed by atoms with Crippen LogP contribution >= 0.6 is 0 Å².